The van der Waals surface area contributed by atoms with Crippen molar-refractivity contribution < 1.29 is 9.59 Å². The molecule has 0 saturated heterocycles. The molecule has 38 heavy (non-hydrogen) atoms. The minimum atomic E-state index is -0.501. The normalized spacial score (nSPS) is 13.7. The molecule has 0 bridgehead atoms. The number of aryl methyl sites for hydroxylation is 1. The van der Waals surface area contributed by atoms with Crippen LogP contribution in [-0.2, 0) is 22.6 Å². The van der Waals surface area contributed by atoms with Gasteiger partial charge in [0, 0.05) is 46.4 Å². The van der Waals surface area contributed by atoms with Gasteiger partial charge in [-0.25, -0.2) is 4.98 Å². The van der Waals surface area contributed by atoms with Gasteiger partial charge in [0.25, 0.3) is 5.56 Å². The van der Waals surface area contributed by atoms with E-state index >= 15 is 0 Å². The first-order valence-corrected chi connectivity index (χ1v) is 13.3. The molecule has 1 aromatic carbocycles. The van der Waals surface area contributed by atoms with Crippen LogP contribution < -0.4 is 16.2 Å². The number of thiophene rings is 1. The molecule has 0 saturated carbocycles. The van der Waals surface area contributed by atoms with Gasteiger partial charge in [-0.3, -0.25) is 34.8 Å². The zero-order valence-electron chi connectivity index (χ0n) is 20.4. The van der Waals surface area contributed by atoms with Gasteiger partial charge in [-0.2, -0.15) is 0 Å². The lowest BCUT2D eigenvalue weighted by atomic mass is 10.2. The number of hydrogen-bond acceptors (Lipinski definition) is 10. The van der Waals surface area contributed by atoms with Crippen molar-refractivity contribution >= 4 is 61.2 Å². The summed E-state index contributed by atoms with van der Waals surface area (Å²) in [6.45, 7) is 0.442. The van der Waals surface area contributed by atoms with E-state index in [1.54, 1.807) is 36.7 Å². The second-order valence-electron chi connectivity index (χ2n) is 8.19. The first kappa shape index (κ1) is 26.9. The fourth-order valence-electron chi connectivity index (χ4n) is 3.93. The van der Waals surface area contributed by atoms with E-state index in [9.17, 15) is 14.4 Å². The topological polar surface area (TPSA) is 154 Å². The van der Waals surface area contributed by atoms with E-state index in [4.69, 9.17) is 10.8 Å². The van der Waals surface area contributed by atoms with Crippen LogP contribution in [0.4, 0.5) is 5.69 Å². The van der Waals surface area contributed by atoms with Crippen molar-refractivity contribution in [2.75, 3.05) is 12.4 Å². The van der Waals surface area contributed by atoms with Crippen LogP contribution in [0, 0.1) is 10.8 Å². The SMILES string of the molecule is CNc1cnc2n(c1=O)C(C(=O)NCc1cc3cnccc3s1)CC2.N=C(C=O)SC(=N)c1ccccc1. The molecule has 0 fully saturated rings. The predicted molar refractivity (Wildman–Crippen MR) is 152 cm³/mol. The van der Waals surface area contributed by atoms with E-state index in [1.807, 2.05) is 36.5 Å². The number of thioether (sulfide) groups is 1. The Kier molecular flexibility index (Phi) is 8.77. The number of benzene rings is 1. The summed E-state index contributed by atoms with van der Waals surface area (Å²) in [5, 5.41) is 21.5. The van der Waals surface area contributed by atoms with Crippen LogP contribution in [0.25, 0.3) is 10.1 Å². The lowest BCUT2D eigenvalue weighted by Crippen LogP contribution is -2.36. The maximum absolute atomic E-state index is 12.6. The molecule has 1 aliphatic heterocycles. The summed E-state index contributed by atoms with van der Waals surface area (Å²) in [4.78, 5) is 44.7. The van der Waals surface area contributed by atoms with Crippen LogP contribution in [0.15, 0.2) is 65.8 Å². The van der Waals surface area contributed by atoms with Crippen molar-refractivity contribution in [2.24, 2.45) is 0 Å². The molecule has 194 valence electrons. The van der Waals surface area contributed by atoms with E-state index in [2.05, 4.69) is 20.6 Å². The van der Waals surface area contributed by atoms with Gasteiger partial charge in [-0.05, 0) is 30.3 Å². The fourth-order valence-corrected chi connectivity index (χ4v) is 5.42. The summed E-state index contributed by atoms with van der Waals surface area (Å²) in [6, 6.07) is 12.5. The Bertz CT molecular complexity index is 1520. The van der Waals surface area contributed by atoms with Crippen molar-refractivity contribution in [1.82, 2.24) is 19.9 Å². The largest absolute Gasteiger partial charge is 0.382 e. The van der Waals surface area contributed by atoms with Gasteiger partial charge in [0.05, 0.1) is 12.7 Å². The summed E-state index contributed by atoms with van der Waals surface area (Å²) in [5.41, 5.74) is 0.928. The number of fused-ring (bicyclic) bond motifs is 2. The second kappa shape index (κ2) is 12.4. The van der Waals surface area contributed by atoms with Crippen molar-refractivity contribution in [1.29, 1.82) is 10.8 Å². The first-order chi connectivity index (χ1) is 18.4. The highest BCUT2D eigenvalue weighted by molar-refractivity contribution is 8.28. The number of hydrogen-bond donors (Lipinski definition) is 4. The lowest BCUT2D eigenvalue weighted by Gasteiger charge is -2.14. The molecule has 1 amide bonds. The van der Waals surface area contributed by atoms with E-state index in [1.165, 1.54) is 10.8 Å². The van der Waals surface area contributed by atoms with Crippen LogP contribution in [-0.4, -0.2) is 43.9 Å². The molecule has 12 heteroatoms. The Hall–Kier alpha value is -4.16. The van der Waals surface area contributed by atoms with Gasteiger partial charge < -0.3 is 10.6 Å². The van der Waals surface area contributed by atoms with Gasteiger partial charge >= 0.3 is 0 Å². The van der Waals surface area contributed by atoms with E-state index in [-0.39, 0.29) is 21.6 Å². The number of pyridine rings is 1. The number of aromatic nitrogens is 3. The predicted octanol–water partition coefficient (Wildman–Crippen LogP) is 3.62. The Morgan fingerprint density at radius 3 is 2.74 bits per heavy atom. The Morgan fingerprint density at radius 2 is 2.03 bits per heavy atom. The highest BCUT2D eigenvalue weighted by atomic mass is 32.2. The highest BCUT2D eigenvalue weighted by Gasteiger charge is 2.30. The second-order valence-corrected chi connectivity index (χ2v) is 10.4. The molecule has 0 spiro atoms. The molecule has 1 atom stereocenters. The molecule has 4 heterocycles. The van der Waals surface area contributed by atoms with E-state index in [0.717, 1.165) is 32.3 Å². The molecule has 4 aromatic rings. The molecular weight excluding hydrogens is 522 g/mol. The fraction of sp³-hybridized carbons (Fsp3) is 0.192. The summed E-state index contributed by atoms with van der Waals surface area (Å²) < 4.78 is 2.65. The molecule has 0 aliphatic carbocycles. The van der Waals surface area contributed by atoms with E-state index < -0.39 is 6.04 Å². The number of amides is 1. The van der Waals surface area contributed by atoms with Gasteiger partial charge in [0.2, 0.25) is 5.91 Å². The van der Waals surface area contributed by atoms with Gasteiger partial charge in [-0.15, -0.1) is 11.3 Å². The van der Waals surface area contributed by atoms with Crippen LogP contribution in [0.1, 0.15) is 28.7 Å². The number of nitrogens with one attached hydrogen (secondary N) is 4. The number of aldehydes is 1. The minimum absolute atomic E-state index is 0.145. The van der Waals surface area contributed by atoms with Crippen molar-refractivity contribution in [3.8, 4) is 0 Å². The monoisotopic (exact) mass is 547 g/mol. The molecule has 4 N–H and O–H groups in total. The van der Waals surface area contributed by atoms with Crippen LogP contribution in [0.2, 0.25) is 0 Å². The molecule has 1 aliphatic rings. The lowest BCUT2D eigenvalue weighted by molar-refractivity contribution is -0.124. The standard InChI is InChI=1S/C17H17N5O2S.C9H8N2OS/c1-18-12-9-20-15-3-2-13(22(15)17(12)24)16(23)21-8-11-6-10-7-19-5-4-14(10)25-11;10-8(6-12)13-9(11)7-4-2-1-3-5-7/h4-7,9,13,18H,2-3,8H2,1H3,(H,21,23);1-6,10-11H. The third kappa shape index (κ3) is 6.21. The smallest absolute Gasteiger partial charge is 0.277 e. The first-order valence-electron chi connectivity index (χ1n) is 11.6. The number of rotatable bonds is 6. The third-order valence-corrected chi connectivity index (χ3v) is 7.63. The number of anilines is 1. The van der Waals surface area contributed by atoms with Gasteiger partial charge in [0.15, 0.2) is 6.29 Å². The van der Waals surface area contributed by atoms with Crippen LogP contribution >= 0.6 is 23.1 Å². The van der Waals surface area contributed by atoms with Crippen LogP contribution in [0.3, 0.4) is 0 Å². The summed E-state index contributed by atoms with van der Waals surface area (Å²) in [5.74, 6) is 0.517. The van der Waals surface area contributed by atoms with Crippen molar-refractivity contribution in [3.63, 3.8) is 0 Å². The summed E-state index contributed by atoms with van der Waals surface area (Å²) in [7, 11) is 1.67. The molecule has 10 nitrogen and oxygen atoms in total. The van der Waals surface area contributed by atoms with Crippen molar-refractivity contribution in [2.45, 2.75) is 25.4 Å². The Morgan fingerprint density at radius 1 is 1.24 bits per heavy atom. The zero-order valence-corrected chi connectivity index (χ0v) is 22.1. The molecule has 5 rings (SSSR count). The summed E-state index contributed by atoms with van der Waals surface area (Å²) >= 11 is 2.48. The number of carbonyl (C=O) groups is 2. The molecular formula is C26H25N7O3S2. The van der Waals surface area contributed by atoms with Gasteiger partial charge in [0.1, 0.15) is 27.6 Å². The third-order valence-electron chi connectivity index (χ3n) is 5.75. The average Bonchev–Trinajstić information content (AvgIpc) is 3.57. The average molecular weight is 548 g/mol. The number of nitrogens with zero attached hydrogens (tertiary/aromatic N) is 3. The maximum atomic E-state index is 12.6. The molecule has 0 radical (unpaired) electrons. The van der Waals surface area contributed by atoms with E-state index in [0.29, 0.717) is 37.2 Å². The number of carbonyl (C=O) groups excluding carboxylic acids is 2. The van der Waals surface area contributed by atoms with Gasteiger partial charge in [-0.1, -0.05) is 30.3 Å². The maximum Gasteiger partial charge on any atom is 0.277 e. The Labute approximate surface area is 226 Å². The molecule has 3 aromatic heterocycles. The summed E-state index contributed by atoms with van der Waals surface area (Å²) in [6.07, 6.45) is 6.76. The quantitative estimate of drug-likeness (QED) is 0.163. The zero-order chi connectivity index (χ0) is 27.1. The van der Waals surface area contributed by atoms with Crippen LogP contribution in [0.5, 0.6) is 0 Å². The molecule has 1 unspecified atom stereocenters. The highest BCUT2D eigenvalue weighted by Crippen LogP contribution is 2.26. The minimum Gasteiger partial charge on any atom is -0.382 e. The Balaban J connectivity index is 0.000000219. The van der Waals surface area contributed by atoms with Crippen molar-refractivity contribution in [3.05, 3.63) is 87.7 Å².